The van der Waals surface area contributed by atoms with Gasteiger partial charge in [0.25, 0.3) is 0 Å². The summed E-state index contributed by atoms with van der Waals surface area (Å²) in [4.78, 5) is 3.08. The molecule has 3 nitrogen and oxygen atoms in total. The Morgan fingerprint density at radius 2 is 2.13 bits per heavy atom. The third kappa shape index (κ3) is 1.59. The topological polar surface area (TPSA) is 63.4 Å². The van der Waals surface area contributed by atoms with E-state index in [4.69, 9.17) is 10.5 Å². The number of nitrogens with zero attached hydrogens (tertiary/aromatic N) is 2. The zero-order chi connectivity index (χ0) is 10.7. The predicted octanol–water partition coefficient (Wildman–Crippen LogP) is 2.58. The molecule has 0 atom stereocenters. The van der Waals surface area contributed by atoms with Crippen molar-refractivity contribution in [3.63, 3.8) is 0 Å². The molecule has 0 saturated heterocycles. The Kier molecular flexibility index (Phi) is 2.23. The minimum Gasteiger partial charge on any atom is -0.361 e. The van der Waals surface area contributed by atoms with Crippen molar-refractivity contribution in [2.24, 2.45) is 0 Å². The first-order valence-electron chi connectivity index (χ1n) is 4.42. The van der Waals surface area contributed by atoms with Gasteiger partial charge in [-0.15, -0.1) is 0 Å². The van der Waals surface area contributed by atoms with Crippen LogP contribution in [0.1, 0.15) is 11.1 Å². The van der Waals surface area contributed by atoms with Crippen LogP contribution < -0.4 is 0 Å². The molecule has 3 heteroatoms. The first-order chi connectivity index (χ1) is 7.35. The van der Waals surface area contributed by atoms with Gasteiger partial charge in [0.05, 0.1) is 17.7 Å². The van der Waals surface area contributed by atoms with Crippen LogP contribution in [0.25, 0.3) is 17.0 Å². The van der Waals surface area contributed by atoms with Crippen LogP contribution in [-0.4, -0.2) is 4.98 Å². The van der Waals surface area contributed by atoms with Crippen molar-refractivity contribution in [3.05, 3.63) is 41.6 Å². The summed E-state index contributed by atoms with van der Waals surface area (Å²) in [7, 11) is 0. The highest BCUT2D eigenvalue weighted by Gasteiger charge is 2.01. The average Bonchev–Trinajstić information content (AvgIpc) is 2.68. The molecular weight excluding hydrogens is 186 g/mol. The third-order valence-corrected chi connectivity index (χ3v) is 2.18. The van der Waals surface area contributed by atoms with Gasteiger partial charge in [0.1, 0.15) is 0 Å². The number of fused-ring (bicyclic) bond motifs is 1. The van der Waals surface area contributed by atoms with Gasteiger partial charge in [-0.3, -0.25) is 0 Å². The van der Waals surface area contributed by atoms with Gasteiger partial charge in [-0.25, -0.2) is 0 Å². The molecule has 70 valence electrons. The van der Waals surface area contributed by atoms with Crippen molar-refractivity contribution in [1.29, 1.82) is 10.5 Å². The van der Waals surface area contributed by atoms with Crippen LogP contribution in [-0.2, 0) is 0 Å². The molecule has 2 aromatic rings. The van der Waals surface area contributed by atoms with E-state index in [-0.39, 0.29) is 0 Å². The Labute approximate surface area is 86.9 Å². The van der Waals surface area contributed by atoms with Crippen LogP contribution in [0.4, 0.5) is 0 Å². The van der Waals surface area contributed by atoms with E-state index >= 15 is 0 Å². The number of nitriles is 2. The molecule has 0 saturated carbocycles. The van der Waals surface area contributed by atoms with Crippen LogP contribution in [0.3, 0.4) is 0 Å². The average molecular weight is 193 g/mol. The summed E-state index contributed by atoms with van der Waals surface area (Å²) in [5.74, 6) is 0. The Morgan fingerprint density at radius 1 is 1.27 bits per heavy atom. The van der Waals surface area contributed by atoms with Gasteiger partial charge in [-0.2, -0.15) is 10.5 Å². The summed E-state index contributed by atoms with van der Waals surface area (Å²) in [6.07, 6.45) is 4.96. The third-order valence-electron chi connectivity index (χ3n) is 2.18. The number of aromatic nitrogens is 1. The van der Waals surface area contributed by atoms with Gasteiger partial charge in [0.15, 0.2) is 0 Å². The van der Waals surface area contributed by atoms with E-state index in [0.717, 1.165) is 16.5 Å². The highest BCUT2D eigenvalue weighted by atomic mass is 14.7. The first kappa shape index (κ1) is 9.05. The lowest BCUT2D eigenvalue weighted by Gasteiger charge is -1.92. The van der Waals surface area contributed by atoms with E-state index in [2.05, 4.69) is 11.1 Å². The molecule has 0 aliphatic carbocycles. The summed E-state index contributed by atoms with van der Waals surface area (Å²) < 4.78 is 0. The largest absolute Gasteiger partial charge is 0.361 e. The number of allylic oxidation sites excluding steroid dienone is 1. The molecule has 1 aromatic heterocycles. The minimum absolute atomic E-state index is 0.619. The molecule has 0 unspecified atom stereocenters. The number of benzene rings is 1. The minimum atomic E-state index is 0.619. The van der Waals surface area contributed by atoms with Crippen molar-refractivity contribution in [2.45, 2.75) is 0 Å². The monoisotopic (exact) mass is 193 g/mol. The van der Waals surface area contributed by atoms with Crippen molar-refractivity contribution in [2.75, 3.05) is 0 Å². The molecule has 0 aliphatic heterocycles. The second-order valence-corrected chi connectivity index (χ2v) is 3.08. The lowest BCUT2D eigenvalue weighted by atomic mass is 10.1. The van der Waals surface area contributed by atoms with Gasteiger partial charge in [-0.05, 0) is 24.3 Å². The van der Waals surface area contributed by atoms with E-state index < -0.39 is 0 Å². The molecule has 1 heterocycles. The van der Waals surface area contributed by atoms with E-state index in [9.17, 15) is 0 Å². The molecular formula is C12H7N3. The normalized spacial score (nSPS) is 10.3. The summed E-state index contributed by atoms with van der Waals surface area (Å²) in [5, 5.41) is 18.2. The molecule has 1 N–H and O–H groups in total. The quantitative estimate of drug-likeness (QED) is 0.707. The number of hydrogen-bond acceptors (Lipinski definition) is 2. The Balaban J connectivity index is 2.63. The van der Waals surface area contributed by atoms with E-state index in [1.807, 2.05) is 24.4 Å². The molecule has 1 aromatic carbocycles. The van der Waals surface area contributed by atoms with Gasteiger partial charge in [-0.1, -0.05) is 0 Å². The first-order valence-corrected chi connectivity index (χ1v) is 4.42. The fraction of sp³-hybridized carbons (Fsp3) is 0. The van der Waals surface area contributed by atoms with E-state index in [0.29, 0.717) is 5.56 Å². The van der Waals surface area contributed by atoms with Gasteiger partial charge in [0.2, 0.25) is 0 Å². The van der Waals surface area contributed by atoms with E-state index in [1.165, 1.54) is 6.08 Å². The maximum atomic E-state index is 8.77. The molecule has 0 radical (unpaired) electrons. The Hall–Kier alpha value is -2.52. The molecule has 0 aliphatic rings. The molecule has 0 bridgehead atoms. The molecule has 2 rings (SSSR count). The maximum absolute atomic E-state index is 8.77. The van der Waals surface area contributed by atoms with Crippen LogP contribution >= 0.6 is 0 Å². The second-order valence-electron chi connectivity index (χ2n) is 3.08. The molecule has 0 fully saturated rings. The summed E-state index contributed by atoms with van der Waals surface area (Å²) in [6, 6.07) is 9.46. The fourth-order valence-corrected chi connectivity index (χ4v) is 1.48. The zero-order valence-electron chi connectivity index (χ0n) is 7.86. The maximum Gasteiger partial charge on any atom is 0.0991 e. The number of nitrogens with one attached hydrogen (secondary N) is 1. The van der Waals surface area contributed by atoms with Crippen molar-refractivity contribution < 1.29 is 0 Å². The Morgan fingerprint density at radius 3 is 2.87 bits per heavy atom. The van der Waals surface area contributed by atoms with Crippen molar-refractivity contribution in [1.82, 2.24) is 4.98 Å². The number of H-pyrrole nitrogens is 1. The lowest BCUT2D eigenvalue weighted by molar-refractivity contribution is 1.46. The second kappa shape index (κ2) is 3.69. The summed E-state index contributed by atoms with van der Waals surface area (Å²) >= 11 is 0. The van der Waals surface area contributed by atoms with Crippen molar-refractivity contribution >= 4 is 17.0 Å². The summed E-state index contributed by atoms with van der Waals surface area (Å²) in [6.45, 7) is 0. The predicted molar refractivity (Wildman–Crippen MR) is 57.7 cm³/mol. The van der Waals surface area contributed by atoms with Crippen LogP contribution in [0.15, 0.2) is 30.5 Å². The Bertz CT molecular complexity index is 606. The highest BCUT2D eigenvalue weighted by molar-refractivity contribution is 5.90. The highest BCUT2D eigenvalue weighted by Crippen LogP contribution is 2.20. The van der Waals surface area contributed by atoms with Gasteiger partial charge < -0.3 is 4.98 Å². The lowest BCUT2D eigenvalue weighted by Crippen LogP contribution is -1.74. The standard InChI is InChI=1S/C12H7N3/c13-5-1-2-10-8-15-12-4-3-9(7-14)6-11(10)12/h1-4,6,8,15H. The number of hydrogen-bond donors (Lipinski definition) is 1. The van der Waals surface area contributed by atoms with Gasteiger partial charge >= 0.3 is 0 Å². The molecule has 0 amide bonds. The number of aromatic amines is 1. The van der Waals surface area contributed by atoms with Gasteiger partial charge in [0, 0.05) is 28.7 Å². The summed E-state index contributed by atoms with van der Waals surface area (Å²) in [5.41, 5.74) is 2.50. The number of rotatable bonds is 1. The van der Waals surface area contributed by atoms with Crippen molar-refractivity contribution in [3.8, 4) is 12.1 Å². The smallest absolute Gasteiger partial charge is 0.0991 e. The SMILES string of the molecule is N#CC=Cc1c[nH]c2ccc(C#N)cc12. The van der Waals surface area contributed by atoms with Crippen LogP contribution in [0, 0.1) is 22.7 Å². The fourth-order valence-electron chi connectivity index (χ4n) is 1.48. The van der Waals surface area contributed by atoms with Crippen LogP contribution in [0.5, 0.6) is 0 Å². The van der Waals surface area contributed by atoms with Crippen LogP contribution in [0.2, 0.25) is 0 Å². The van der Waals surface area contributed by atoms with E-state index in [1.54, 1.807) is 12.1 Å². The molecule has 15 heavy (non-hydrogen) atoms. The molecule has 0 spiro atoms. The zero-order valence-corrected chi connectivity index (χ0v) is 7.86.